The molecular formula is C14H30N2. The molecule has 0 aromatic carbocycles. The summed E-state index contributed by atoms with van der Waals surface area (Å²) in [7, 11) is 0. The van der Waals surface area contributed by atoms with E-state index < -0.39 is 0 Å². The summed E-state index contributed by atoms with van der Waals surface area (Å²) in [5.41, 5.74) is 12.1. The molecule has 0 rings (SSSR count). The van der Waals surface area contributed by atoms with Gasteiger partial charge in [0, 0.05) is 12.2 Å². The average molecular weight is 226 g/mol. The van der Waals surface area contributed by atoms with E-state index in [0.29, 0.717) is 6.54 Å². The molecule has 0 radical (unpaired) electrons. The first kappa shape index (κ1) is 15.5. The molecule has 0 atom stereocenters. The number of nitrogens with two attached hydrogens (primary N) is 2. The zero-order valence-electron chi connectivity index (χ0n) is 11.0. The van der Waals surface area contributed by atoms with Crippen LogP contribution in [-0.2, 0) is 0 Å². The van der Waals surface area contributed by atoms with Gasteiger partial charge in [-0.3, -0.25) is 0 Å². The van der Waals surface area contributed by atoms with Crippen molar-refractivity contribution in [3.63, 3.8) is 0 Å². The van der Waals surface area contributed by atoms with Gasteiger partial charge in [0.2, 0.25) is 0 Å². The quantitative estimate of drug-likeness (QED) is 0.528. The highest BCUT2D eigenvalue weighted by Gasteiger charge is 1.93. The van der Waals surface area contributed by atoms with Gasteiger partial charge in [0.05, 0.1) is 0 Å². The van der Waals surface area contributed by atoms with E-state index in [-0.39, 0.29) is 0 Å². The first-order chi connectivity index (χ1) is 7.81. The molecule has 0 unspecified atom stereocenters. The molecule has 0 aromatic heterocycles. The van der Waals surface area contributed by atoms with Crippen LogP contribution in [0.25, 0.3) is 0 Å². The van der Waals surface area contributed by atoms with Gasteiger partial charge in [-0.2, -0.15) is 0 Å². The van der Waals surface area contributed by atoms with E-state index >= 15 is 0 Å². The molecule has 0 fully saturated rings. The molecule has 0 aliphatic rings. The molecule has 0 spiro atoms. The summed E-state index contributed by atoms with van der Waals surface area (Å²) in [6.07, 6.45) is 15.2. The Morgan fingerprint density at radius 1 is 0.875 bits per heavy atom. The van der Waals surface area contributed by atoms with Gasteiger partial charge in [0.15, 0.2) is 0 Å². The molecule has 0 aromatic rings. The molecular weight excluding hydrogens is 196 g/mol. The van der Waals surface area contributed by atoms with Crippen LogP contribution in [0.1, 0.15) is 71.1 Å². The second kappa shape index (κ2) is 12.6. The van der Waals surface area contributed by atoms with Crippen LogP contribution in [0.15, 0.2) is 11.8 Å². The van der Waals surface area contributed by atoms with E-state index in [4.69, 9.17) is 11.5 Å². The van der Waals surface area contributed by atoms with Crippen molar-refractivity contribution in [1.82, 2.24) is 0 Å². The van der Waals surface area contributed by atoms with Gasteiger partial charge in [-0.25, -0.2) is 0 Å². The Hall–Kier alpha value is -0.500. The fourth-order valence-corrected chi connectivity index (χ4v) is 1.89. The Morgan fingerprint density at radius 3 is 1.88 bits per heavy atom. The number of unbranched alkanes of at least 4 members (excludes halogenated alkanes) is 8. The van der Waals surface area contributed by atoms with Crippen LogP contribution in [0.5, 0.6) is 0 Å². The third-order valence-electron chi connectivity index (χ3n) is 2.95. The summed E-state index contributed by atoms with van der Waals surface area (Å²) in [6, 6.07) is 0. The van der Waals surface area contributed by atoms with Gasteiger partial charge in [-0.15, -0.1) is 0 Å². The molecule has 0 heterocycles. The lowest BCUT2D eigenvalue weighted by Crippen LogP contribution is -2.02. The van der Waals surface area contributed by atoms with Crippen molar-refractivity contribution in [3.05, 3.63) is 11.8 Å². The summed E-state index contributed by atoms with van der Waals surface area (Å²) >= 11 is 0. The second-order valence-corrected chi connectivity index (χ2v) is 4.59. The van der Waals surface area contributed by atoms with Gasteiger partial charge < -0.3 is 11.5 Å². The Balaban J connectivity index is 3.07. The fourth-order valence-electron chi connectivity index (χ4n) is 1.89. The van der Waals surface area contributed by atoms with Crippen molar-refractivity contribution in [2.75, 3.05) is 6.54 Å². The van der Waals surface area contributed by atoms with Crippen molar-refractivity contribution >= 4 is 0 Å². The topological polar surface area (TPSA) is 52.0 Å². The Bertz CT molecular complexity index is 164. The lowest BCUT2D eigenvalue weighted by atomic mass is 10.1. The molecule has 0 amide bonds. The number of hydrogen-bond donors (Lipinski definition) is 2. The monoisotopic (exact) mass is 226 g/mol. The Kier molecular flexibility index (Phi) is 12.2. The third kappa shape index (κ3) is 11.6. The molecule has 0 bridgehead atoms. The van der Waals surface area contributed by atoms with E-state index in [1.807, 2.05) is 6.08 Å². The van der Waals surface area contributed by atoms with Gasteiger partial charge in [-0.05, 0) is 12.8 Å². The van der Waals surface area contributed by atoms with Crippen molar-refractivity contribution in [1.29, 1.82) is 0 Å². The highest BCUT2D eigenvalue weighted by Crippen LogP contribution is 2.11. The maximum atomic E-state index is 5.76. The van der Waals surface area contributed by atoms with E-state index in [9.17, 15) is 0 Å². The minimum Gasteiger partial charge on any atom is -0.402 e. The minimum absolute atomic E-state index is 0.573. The van der Waals surface area contributed by atoms with Crippen LogP contribution >= 0.6 is 0 Å². The molecule has 2 heteroatoms. The highest BCUT2D eigenvalue weighted by molar-refractivity contribution is 4.96. The zero-order chi connectivity index (χ0) is 12.1. The minimum atomic E-state index is 0.573. The highest BCUT2D eigenvalue weighted by atomic mass is 14.6. The van der Waals surface area contributed by atoms with E-state index in [0.717, 1.165) is 12.1 Å². The number of allylic oxidation sites excluding steroid dienone is 1. The normalized spacial score (nSPS) is 12.0. The first-order valence-corrected chi connectivity index (χ1v) is 6.95. The van der Waals surface area contributed by atoms with Crippen LogP contribution in [0.4, 0.5) is 0 Å². The molecule has 4 N–H and O–H groups in total. The lowest BCUT2D eigenvalue weighted by Gasteiger charge is -2.02. The molecule has 0 saturated heterocycles. The van der Waals surface area contributed by atoms with Crippen molar-refractivity contribution in [2.24, 2.45) is 11.5 Å². The summed E-state index contributed by atoms with van der Waals surface area (Å²) in [5, 5.41) is 0. The van der Waals surface area contributed by atoms with E-state index in [1.165, 1.54) is 57.8 Å². The molecule has 0 aliphatic carbocycles. The first-order valence-electron chi connectivity index (χ1n) is 6.95. The van der Waals surface area contributed by atoms with Gasteiger partial charge in [0.25, 0.3) is 0 Å². The predicted octanol–water partition coefficient (Wildman–Crippen LogP) is 3.71. The lowest BCUT2D eigenvalue weighted by molar-refractivity contribution is 0.564. The maximum absolute atomic E-state index is 5.76. The van der Waals surface area contributed by atoms with Gasteiger partial charge in [0.1, 0.15) is 0 Å². The largest absolute Gasteiger partial charge is 0.402 e. The van der Waals surface area contributed by atoms with Crippen LogP contribution in [0.2, 0.25) is 0 Å². The molecule has 0 saturated carbocycles. The van der Waals surface area contributed by atoms with Crippen LogP contribution in [0.3, 0.4) is 0 Å². The van der Waals surface area contributed by atoms with Gasteiger partial charge >= 0.3 is 0 Å². The molecule has 2 nitrogen and oxygen atoms in total. The standard InChI is InChI=1S/C14H30N2/c1-2-3-4-5-6-7-8-9-10-11-14(16)12-13-15/h12H,2-11,13,15-16H2,1H3. The molecule has 0 aliphatic heterocycles. The van der Waals surface area contributed by atoms with Crippen LogP contribution in [-0.4, -0.2) is 6.54 Å². The molecule has 16 heavy (non-hydrogen) atoms. The summed E-state index contributed by atoms with van der Waals surface area (Å²) < 4.78 is 0. The summed E-state index contributed by atoms with van der Waals surface area (Å²) in [5.74, 6) is 0. The SMILES string of the molecule is CCCCCCCCCCCC(N)=CCN. The van der Waals surface area contributed by atoms with Crippen molar-refractivity contribution in [2.45, 2.75) is 71.1 Å². The van der Waals surface area contributed by atoms with E-state index in [1.54, 1.807) is 0 Å². The third-order valence-corrected chi connectivity index (χ3v) is 2.95. The van der Waals surface area contributed by atoms with Crippen LogP contribution in [0, 0.1) is 0 Å². The number of rotatable bonds is 11. The van der Waals surface area contributed by atoms with Crippen LogP contribution < -0.4 is 11.5 Å². The summed E-state index contributed by atoms with van der Waals surface area (Å²) in [4.78, 5) is 0. The molecule has 96 valence electrons. The smallest absolute Gasteiger partial charge is 0.0126 e. The predicted molar refractivity (Wildman–Crippen MR) is 73.2 cm³/mol. The van der Waals surface area contributed by atoms with E-state index in [2.05, 4.69) is 6.92 Å². The Morgan fingerprint density at radius 2 is 1.38 bits per heavy atom. The maximum Gasteiger partial charge on any atom is 0.0126 e. The average Bonchev–Trinajstić information content (AvgIpc) is 2.27. The zero-order valence-corrected chi connectivity index (χ0v) is 11.0. The van der Waals surface area contributed by atoms with Gasteiger partial charge in [-0.1, -0.05) is 64.4 Å². The van der Waals surface area contributed by atoms with Crippen molar-refractivity contribution in [3.8, 4) is 0 Å². The number of hydrogen-bond acceptors (Lipinski definition) is 2. The second-order valence-electron chi connectivity index (χ2n) is 4.59. The Labute approximate surface area is 101 Å². The summed E-state index contributed by atoms with van der Waals surface area (Å²) in [6.45, 7) is 2.84. The van der Waals surface area contributed by atoms with Crippen molar-refractivity contribution < 1.29 is 0 Å². The fraction of sp³-hybridized carbons (Fsp3) is 0.857.